The molecule has 4 nitrogen and oxygen atoms in total. The predicted octanol–water partition coefficient (Wildman–Crippen LogP) is 3.61. The smallest absolute Gasteiger partial charge is 0.306 e. The number of thioether (sulfide) groups is 1. The molecule has 22 heavy (non-hydrogen) atoms. The molecule has 2 rings (SSSR count). The van der Waals surface area contributed by atoms with Crippen LogP contribution in [0.15, 0.2) is 27.6 Å². The zero-order valence-electron chi connectivity index (χ0n) is 12.5. The first-order valence-electron chi connectivity index (χ1n) is 7.37. The van der Waals surface area contributed by atoms with Gasteiger partial charge in [-0.2, -0.15) is 0 Å². The molecular weight excluding hydrogens is 366 g/mol. The van der Waals surface area contributed by atoms with Crippen LogP contribution >= 0.6 is 27.7 Å². The van der Waals surface area contributed by atoms with E-state index < -0.39 is 5.97 Å². The summed E-state index contributed by atoms with van der Waals surface area (Å²) in [5.74, 6) is -0.550. The Balaban J connectivity index is 1.75. The number of halogens is 1. The number of carboxylic acids is 1. The summed E-state index contributed by atoms with van der Waals surface area (Å²) in [6, 6.07) is 6.14. The summed E-state index contributed by atoms with van der Waals surface area (Å²) >= 11 is 4.96. The van der Waals surface area contributed by atoms with Crippen molar-refractivity contribution in [2.24, 2.45) is 5.92 Å². The number of hydrogen-bond donors (Lipinski definition) is 2. The Hall–Kier alpha value is -1.01. The lowest BCUT2D eigenvalue weighted by Crippen LogP contribution is -2.39. The summed E-state index contributed by atoms with van der Waals surface area (Å²) in [5, 5.41) is 12.0. The number of carbonyl (C=O) groups excluding carboxylic acids is 1. The van der Waals surface area contributed by atoms with Gasteiger partial charge in [-0.05, 0) is 56.4 Å². The highest BCUT2D eigenvalue weighted by Crippen LogP contribution is 2.26. The van der Waals surface area contributed by atoms with Crippen LogP contribution in [0.1, 0.15) is 31.2 Å². The first-order valence-corrected chi connectivity index (χ1v) is 9.14. The Morgan fingerprint density at radius 2 is 2.00 bits per heavy atom. The maximum Gasteiger partial charge on any atom is 0.306 e. The molecule has 0 heterocycles. The first kappa shape index (κ1) is 17.3. The van der Waals surface area contributed by atoms with E-state index in [1.54, 1.807) is 0 Å². The minimum atomic E-state index is -0.717. The molecule has 1 fully saturated rings. The highest BCUT2D eigenvalue weighted by atomic mass is 79.9. The van der Waals surface area contributed by atoms with Gasteiger partial charge in [0, 0.05) is 15.4 Å². The van der Waals surface area contributed by atoms with Crippen molar-refractivity contribution in [1.82, 2.24) is 5.32 Å². The minimum Gasteiger partial charge on any atom is -0.481 e. The zero-order valence-corrected chi connectivity index (χ0v) is 14.9. The van der Waals surface area contributed by atoms with Gasteiger partial charge in [-0.25, -0.2) is 0 Å². The quantitative estimate of drug-likeness (QED) is 0.759. The van der Waals surface area contributed by atoms with Gasteiger partial charge < -0.3 is 10.4 Å². The second kappa shape index (κ2) is 8.02. The van der Waals surface area contributed by atoms with Crippen molar-refractivity contribution in [2.45, 2.75) is 43.5 Å². The number of carboxylic acid groups (broad SMARTS) is 1. The lowest BCUT2D eigenvalue weighted by atomic mass is 9.86. The molecule has 0 spiro atoms. The van der Waals surface area contributed by atoms with E-state index in [2.05, 4.69) is 21.2 Å². The van der Waals surface area contributed by atoms with Crippen molar-refractivity contribution < 1.29 is 14.7 Å². The maximum absolute atomic E-state index is 12.0. The normalized spacial score (nSPS) is 21.4. The van der Waals surface area contributed by atoms with Crippen LogP contribution in [0.3, 0.4) is 0 Å². The third kappa shape index (κ3) is 5.02. The van der Waals surface area contributed by atoms with E-state index in [9.17, 15) is 9.59 Å². The molecule has 1 amide bonds. The van der Waals surface area contributed by atoms with Gasteiger partial charge in [0.1, 0.15) is 0 Å². The predicted molar refractivity (Wildman–Crippen MR) is 91.1 cm³/mol. The molecule has 0 radical (unpaired) electrons. The number of hydrogen-bond acceptors (Lipinski definition) is 3. The van der Waals surface area contributed by atoms with Gasteiger partial charge in [0.15, 0.2) is 0 Å². The summed E-state index contributed by atoms with van der Waals surface area (Å²) in [6.07, 6.45) is 2.81. The number of aryl methyl sites for hydroxylation is 1. The van der Waals surface area contributed by atoms with Crippen LogP contribution < -0.4 is 5.32 Å². The van der Waals surface area contributed by atoms with Gasteiger partial charge in [0.05, 0.1) is 11.7 Å². The number of nitrogens with one attached hydrogen (secondary N) is 1. The molecule has 0 bridgehead atoms. The lowest BCUT2D eigenvalue weighted by Gasteiger charge is -2.26. The molecule has 1 aliphatic rings. The Bertz CT molecular complexity index is 556. The van der Waals surface area contributed by atoms with Gasteiger partial charge in [-0.15, -0.1) is 11.8 Å². The standard InChI is InChI=1S/C16H20BrNO3S/c1-10-8-12(17)4-7-14(10)22-9-15(19)18-13-5-2-11(3-6-13)16(20)21/h4,7-8,11,13H,2-3,5-6,9H2,1H3,(H,18,19)(H,20,21). The lowest BCUT2D eigenvalue weighted by molar-refractivity contribution is -0.142. The van der Waals surface area contributed by atoms with Crippen molar-refractivity contribution in [1.29, 1.82) is 0 Å². The molecule has 1 aliphatic carbocycles. The SMILES string of the molecule is Cc1cc(Br)ccc1SCC(=O)NC1CCC(C(=O)O)CC1. The van der Waals surface area contributed by atoms with Crippen LogP contribution in [-0.2, 0) is 9.59 Å². The van der Waals surface area contributed by atoms with E-state index in [1.807, 2.05) is 25.1 Å². The van der Waals surface area contributed by atoms with Crippen molar-refractivity contribution in [3.05, 3.63) is 28.2 Å². The Kier molecular flexibility index (Phi) is 6.32. The van der Waals surface area contributed by atoms with Crippen LogP contribution in [-0.4, -0.2) is 28.8 Å². The zero-order chi connectivity index (χ0) is 16.1. The van der Waals surface area contributed by atoms with E-state index >= 15 is 0 Å². The van der Waals surface area contributed by atoms with Crippen LogP contribution in [0, 0.1) is 12.8 Å². The summed E-state index contributed by atoms with van der Waals surface area (Å²) in [4.78, 5) is 24.0. The summed E-state index contributed by atoms with van der Waals surface area (Å²) in [6.45, 7) is 2.03. The Labute approximate surface area is 143 Å². The summed E-state index contributed by atoms with van der Waals surface area (Å²) in [7, 11) is 0. The Morgan fingerprint density at radius 1 is 1.32 bits per heavy atom. The summed E-state index contributed by atoms with van der Waals surface area (Å²) in [5.41, 5.74) is 1.15. The van der Waals surface area contributed by atoms with Gasteiger partial charge in [0.25, 0.3) is 0 Å². The topological polar surface area (TPSA) is 66.4 Å². The molecule has 1 saturated carbocycles. The molecule has 0 atom stereocenters. The van der Waals surface area contributed by atoms with E-state index in [0.29, 0.717) is 18.6 Å². The molecule has 1 aromatic rings. The van der Waals surface area contributed by atoms with Gasteiger partial charge >= 0.3 is 5.97 Å². The van der Waals surface area contributed by atoms with Gasteiger partial charge in [-0.3, -0.25) is 9.59 Å². The molecule has 0 aromatic heterocycles. The second-order valence-corrected chi connectivity index (χ2v) is 7.59. The molecule has 120 valence electrons. The maximum atomic E-state index is 12.0. The second-order valence-electron chi connectivity index (χ2n) is 5.65. The van der Waals surface area contributed by atoms with Gasteiger partial charge in [-0.1, -0.05) is 15.9 Å². The molecule has 1 aromatic carbocycles. The molecular formula is C16H20BrNO3S. The molecule has 0 unspecified atom stereocenters. The van der Waals surface area contributed by atoms with Crippen molar-refractivity contribution >= 4 is 39.6 Å². The molecule has 0 aliphatic heterocycles. The average Bonchev–Trinajstić information content (AvgIpc) is 2.47. The fourth-order valence-corrected chi connectivity index (χ4v) is 3.97. The fourth-order valence-electron chi connectivity index (χ4n) is 2.67. The van der Waals surface area contributed by atoms with Crippen LogP contribution in [0.4, 0.5) is 0 Å². The highest BCUT2D eigenvalue weighted by Gasteiger charge is 2.26. The number of carbonyl (C=O) groups is 2. The van der Waals surface area contributed by atoms with Crippen molar-refractivity contribution in [3.63, 3.8) is 0 Å². The average molecular weight is 386 g/mol. The van der Waals surface area contributed by atoms with E-state index in [4.69, 9.17) is 5.11 Å². The largest absolute Gasteiger partial charge is 0.481 e. The molecule has 0 saturated heterocycles. The molecule has 6 heteroatoms. The molecule has 2 N–H and O–H groups in total. The van der Waals surface area contributed by atoms with Crippen molar-refractivity contribution in [2.75, 3.05) is 5.75 Å². The van der Waals surface area contributed by atoms with E-state index in [1.165, 1.54) is 11.8 Å². The first-order chi connectivity index (χ1) is 10.5. The number of rotatable bonds is 5. The minimum absolute atomic E-state index is 0.0195. The third-order valence-corrected chi connectivity index (χ3v) is 5.61. The van der Waals surface area contributed by atoms with Crippen molar-refractivity contribution in [3.8, 4) is 0 Å². The van der Waals surface area contributed by atoms with E-state index in [-0.39, 0.29) is 17.9 Å². The van der Waals surface area contributed by atoms with E-state index in [0.717, 1.165) is 27.8 Å². The third-order valence-electron chi connectivity index (χ3n) is 3.94. The van der Waals surface area contributed by atoms with Gasteiger partial charge in [0.2, 0.25) is 5.91 Å². The van der Waals surface area contributed by atoms with Crippen LogP contribution in [0.25, 0.3) is 0 Å². The monoisotopic (exact) mass is 385 g/mol. The number of amides is 1. The summed E-state index contributed by atoms with van der Waals surface area (Å²) < 4.78 is 1.04. The number of aliphatic carboxylic acids is 1. The van der Waals surface area contributed by atoms with Crippen LogP contribution in [0.5, 0.6) is 0 Å². The number of benzene rings is 1. The highest BCUT2D eigenvalue weighted by molar-refractivity contribution is 9.10. The fraction of sp³-hybridized carbons (Fsp3) is 0.500. The Morgan fingerprint density at radius 3 is 2.59 bits per heavy atom. The van der Waals surface area contributed by atoms with Crippen LogP contribution in [0.2, 0.25) is 0 Å².